The van der Waals surface area contributed by atoms with Gasteiger partial charge in [0.1, 0.15) is 0 Å². The molecule has 2 aliphatic rings. The number of rotatable bonds is 3. The van der Waals surface area contributed by atoms with Crippen molar-refractivity contribution in [1.29, 1.82) is 0 Å². The average Bonchev–Trinajstić information content (AvgIpc) is 3.06. The Hall–Kier alpha value is -1.39. The van der Waals surface area contributed by atoms with E-state index in [9.17, 15) is 4.79 Å². The molecule has 0 unspecified atom stereocenters. The second-order valence-electron chi connectivity index (χ2n) is 6.53. The lowest BCUT2D eigenvalue weighted by Gasteiger charge is -2.26. The van der Waals surface area contributed by atoms with Gasteiger partial charge in [-0.3, -0.25) is 4.79 Å². The van der Waals surface area contributed by atoms with Crippen LogP contribution in [-0.2, 0) is 11.2 Å². The van der Waals surface area contributed by atoms with Gasteiger partial charge in [0.25, 0.3) is 0 Å². The van der Waals surface area contributed by atoms with E-state index in [0.717, 1.165) is 59.3 Å². The number of aryl methyl sites for hydroxylation is 1. The highest BCUT2D eigenvalue weighted by molar-refractivity contribution is 7.99. The SMILES string of the molecule is COC1CCC(C(=O)c2ccc3nc4c(cc3c2)CCS4)CC1. The Bertz CT molecular complexity index is 750. The maximum Gasteiger partial charge on any atom is 0.165 e. The first kappa shape index (κ1) is 15.2. The molecule has 23 heavy (non-hydrogen) atoms. The smallest absolute Gasteiger partial charge is 0.165 e. The van der Waals surface area contributed by atoms with E-state index in [-0.39, 0.29) is 11.7 Å². The molecular weight excluding hydrogens is 306 g/mol. The van der Waals surface area contributed by atoms with Gasteiger partial charge in [-0.05, 0) is 61.9 Å². The van der Waals surface area contributed by atoms with Crippen molar-refractivity contribution in [2.45, 2.75) is 43.2 Å². The van der Waals surface area contributed by atoms with Crippen molar-refractivity contribution in [3.63, 3.8) is 0 Å². The van der Waals surface area contributed by atoms with Crippen LogP contribution in [0.4, 0.5) is 0 Å². The summed E-state index contributed by atoms with van der Waals surface area (Å²) in [5, 5.41) is 2.26. The number of aromatic nitrogens is 1. The summed E-state index contributed by atoms with van der Waals surface area (Å²) in [6.07, 6.45) is 5.28. The summed E-state index contributed by atoms with van der Waals surface area (Å²) in [5.41, 5.74) is 3.16. The van der Waals surface area contributed by atoms with E-state index in [2.05, 4.69) is 6.07 Å². The summed E-state index contributed by atoms with van der Waals surface area (Å²) in [6, 6.07) is 8.21. The van der Waals surface area contributed by atoms with Crippen LogP contribution in [-0.4, -0.2) is 29.7 Å². The van der Waals surface area contributed by atoms with Crippen LogP contribution in [0.2, 0.25) is 0 Å². The number of thioether (sulfide) groups is 1. The molecule has 1 aromatic carbocycles. The molecule has 0 spiro atoms. The lowest BCUT2D eigenvalue weighted by molar-refractivity contribution is 0.0519. The fourth-order valence-electron chi connectivity index (χ4n) is 3.71. The maximum atomic E-state index is 12.8. The number of ether oxygens (including phenoxy) is 1. The van der Waals surface area contributed by atoms with E-state index in [4.69, 9.17) is 9.72 Å². The molecule has 2 aromatic rings. The molecule has 0 atom stereocenters. The first-order valence-corrected chi connectivity index (χ1v) is 9.36. The van der Waals surface area contributed by atoms with E-state index in [1.54, 1.807) is 7.11 Å². The van der Waals surface area contributed by atoms with Crippen LogP contribution < -0.4 is 0 Å². The number of methoxy groups -OCH3 is 1. The fourth-order valence-corrected chi connectivity index (χ4v) is 4.74. The van der Waals surface area contributed by atoms with Crippen LogP contribution in [0.25, 0.3) is 10.9 Å². The van der Waals surface area contributed by atoms with E-state index in [0.29, 0.717) is 6.10 Å². The summed E-state index contributed by atoms with van der Waals surface area (Å²) < 4.78 is 5.40. The summed E-state index contributed by atoms with van der Waals surface area (Å²) in [6.45, 7) is 0. The van der Waals surface area contributed by atoms with E-state index < -0.39 is 0 Å². The van der Waals surface area contributed by atoms with Crippen molar-refractivity contribution in [2.24, 2.45) is 5.92 Å². The van der Waals surface area contributed by atoms with Crippen molar-refractivity contribution in [1.82, 2.24) is 4.98 Å². The molecule has 1 aromatic heterocycles. The lowest BCUT2D eigenvalue weighted by atomic mass is 9.82. The highest BCUT2D eigenvalue weighted by Gasteiger charge is 2.27. The van der Waals surface area contributed by atoms with E-state index in [1.807, 2.05) is 30.0 Å². The third kappa shape index (κ3) is 2.90. The number of nitrogens with zero attached hydrogens (tertiary/aromatic N) is 1. The Morgan fingerprint density at radius 1 is 1.22 bits per heavy atom. The van der Waals surface area contributed by atoms with Gasteiger partial charge in [0.2, 0.25) is 0 Å². The van der Waals surface area contributed by atoms with Crippen LogP contribution in [0.3, 0.4) is 0 Å². The molecule has 1 aliphatic heterocycles. The van der Waals surface area contributed by atoms with Crippen LogP contribution in [0, 0.1) is 5.92 Å². The number of hydrogen-bond acceptors (Lipinski definition) is 4. The minimum Gasteiger partial charge on any atom is -0.381 e. The van der Waals surface area contributed by atoms with Gasteiger partial charge in [-0.15, -0.1) is 11.8 Å². The highest BCUT2D eigenvalue weighted by atomic mass is 32.2. The van der Waals surface area contributed by atoms with Crippen molar-refractivity contribution < 1.29 is 9.53 Å². The first-order valence-electron chi connectivity index (χ1n) is 8.38. The van der Waals surface area contributed by atoms with Crippen molar-refractivity contribution in [3.8, 4) is 0 Å². The van der Waals surface area contributed by atoms with Crippen LogP contribution in [0.15, 0.2) is 29.3 Å². The molecule has 0 N–H and O–H groups in total. The lowest BCUT2D eigenvalue weighted by Crippen LogP contribution is -2.25. The molecule has 1 fully saturated rings. The second kappa shape index (κ2) is 6.25. The standard InChI is InChI=1S/C19H21NO2S/c1-22-16-5-2-12(3-6-16)18(21)13-4-7-17-15(10-13)11-14-8-9-23-19(14)20-17/h4,7,10-12,16H,2-3,5-6,8-9H2,1H3. The summed E-state index contributed by atoms with van der Waals surface area (Å²) in [4.78, 5) is 17.5. The number of fused-ring (bicyclic) bond motifs is 2. The molecular formula is C19H21NO2S. The number of carbonyl (C=O) groups is 1. The molecule has 4 rings (SSSR count). The fraction of sp³-hybridized carbons (Fsp3) is 0.474. The van der Waals surface area contributed by atoms with Crippen LogP contribution in [0.5, 0.6) is 0 Å². The average molecular weight is 327 g/mol. The number of Topliss-reactive ketones (excluding diaryl/α,β-unsaturated/α-hetero) is 1. The molecule has 1 aliphatic carbocycles. The number of hydrogen-bond donors (Lipinski definition) is 0. The van der Waals surface area contributed by atoms with Crippen molar-refractivity contribution in [2.75, 3.05) is 12.9 Å². The van der Waals surface area contributed by atoms with Crippen LogP contribution >= 0.6 is 11.8 Å². The molecule has 3 nitrogen and oxygen atoms in total. The summed E-state index contributed by atoms with van der Waals surface area (Å²) in [5.74, 6) is 1.56. The number of benzene rings is 1. The molecule has 2 heterocycles. The van der Waals surface area contributed by atoms with Gasteiger partial charge in [-0.25, -0.2) is 4.98 Å². The summed E-state index contributed by atoms with van der Waals surface area (Å²) >= 11 is 1.83. The quantitative estimate of drug-likeness (QED) is 0.789. The predicted molar refractivity (Wildman–Crippen MR) is 93.3 cm³/mol. The van der Waals surface area contributed by atoms with Gasteiger partial charge in [0, 0.05) is 29.7 Å². The Labute approximate surface area is 140 Å². The van der Waals surface area contributed by atoms with Gasteiger partial charge in [-0.2, -0.15) is 0 Å². The van der Waals surface area contributed by atoms with Gasteiger partial charge in [-0.1, -0.05) is 0 Å². The zero-order chi connectivity index (χ0) is 15.8. The molecule has 4 heteroatoms. The largest absolute Gasteiger partial charge is 0.381 e. The van der Waals surface area contributed by atoms with Gasteiger partial charge in [0.05, 0.1) is 16.6 Å². The predicted octanol–water partition coefficient (Wildman–Crippen LogP) is 4.27. The zero-order valence-corrected chi connectivity index (χ0v) is 14.2. The molecule has 0 radical (unpaired) electrons. The Balaban J connectivity index is 1.59. The Morgan fingerprint density at radius 3 is 2.83 bits per heavy atom. The van der Waals surface area contributed by atoms with Gasteiger partial charge in [0.15, 0.2) is 5.78 Å². The van der Waals surface area contributed by atoms with Gasteiger partial charge >= 0.3 is 0 Å². The third-order valence-corrected chi connectivity index (χ3v) is 6.16. The third-order valence-electron chi connectivity index (χ3n) is 5.13. The monoisotopic (exact) mass is 327 g/mol. The minimum absolute atomic E-state index is 0.150. The summed E-state index contributed by atoms with van der Waals surface area (Å²) in [7, 11) is 1.76. The number of carbonyl (C=O) groups excluding carboxylic acids is 1. The number of pyridine rings is 1. The topological polar surface area (TPSA) is 39.2 Å². The molecule has 0 saturated heterocycles. The Morgan fingerprint density at radius 2 is 2.04 bits per heavy atom. The Kier molecular flexibility index (Phi) is 4.12. The second-order valence-corrected chi connectivity index (χ2v) is 7.62. The van der Waals surface area contributed by atoms with Gasteiger partial charge < -0.3 is 4.74 Å². The van der Waals surface area contributed by atoms with E-state index >= 15 is 0 Å². The number of ketones is 1. The first-order chi connectivity index (χ1) is 11.2. The normalized spacial score (nSPS) is 23.9. The minimum atomic E-state index is 0.150. The molecule has 0 amide bonds. The highest BCUT2D eigenvalue weighted by Crippen LogP contribution is 2.33. The van der Waals surface area contributed by atoms with Crippen LogP contribution in [0.1, 0.15) is 41.6 Å². The molecule has 120 valence electrons. The maximum absolute atomic E-state index is 12.8. The van der Waals surface area contributed by atoms with E-state index in [1.165, 1.54) is 5.56 Å². The zero-order valence-electron chi connectivity index (χ0n) is 13.4. The van der Waals surface area contributed by atoms with Crippen molar-refractivity contribution in [3.05, 3.63) is 35.4 Å². The van der Waals surface area contributed by atoms with Crippen molar-refractivity contribution >= 4 is 28.4 Å². The molecule has 1 saturated carbocycles. The molecule has 0 bridgehead atoms.